The fraction of sp³-hybridized carbons (Fsp3) is 0.529. The molecule has 2 atom stereocenters. The molecule has 2 N–H and O–H groups in total. The Labute approximate surface area is 251 Å². The number of piperidine rings is 1. The van der Waals surface area contributed by atoms with E-state index in [0.717, 1.165) is 58.2 Å². The first-order chi connectivity index (χ1) is 19.5. The van der Waals surface area contributed by atoms with Crippen molar-refractivity contribution in [2.75, 3.05) is 19.6 Å². The molecule has 2 aromatic carbocycles. The third-order valence-electron chi connectivity index (χ3n) is 9.30. The first-order valence-electron chi connectivity index (χ1n) is 15.3. The summed E-state index contributed by atoms with van der Waals surface area (Å²) in [4.78, 5) is 31.8. The Morgan fingerprint density at radius 3 is 2.22 bits per heavy atom. The normalized spacial score (nSPS) is 22.5. The van der Waals surface area contributed by atoms with Crippen LogP contribution in [0.15, 0.2) is 54.6 Å². The van der Waals surface area contributed by atoms with Gasteiger partial charge in [0.15, 0.2) is 0 Å². The summed E-state index contributed by atoms with van der Waals surface area (Å²) in [5.41, 5.74) is 2.79. The number of amides is 2. The molecule has 2 heterocycles. The molecule has 5 rings (SSSR count). The van der Waals surface area contributed by atoms with E-state index < -0.39 is 17.7 Å². The molecule has 222 valence electrons. The third-order valence-corrected chi connectivity index (χ3v) is 9.30. The molecule has 2 aromatic rings. The number of carbonyl (C=O) groups is 2. The van der Waals surface area contributed by atoms with E-state index in [2.05, 4.69) is 65.7 Å². The van der Waals surface area contributed by atoms with Gasteiger partial charge in [-0.05, 0) is 54.7 Å². The molecule has 3 fully saturated rings. The van der Waals surface area contributed by atoms with Crippen molar-refractivity contribution in [3.63, 3.8) is 0 Å². The Morgan fingerprint density at radius 1 is 0.951 bits per heavy atom. The minimum atomic E-state index is -0.814. The van der Waals surface area contributed by atoms with Gasteiger partial charge in [0.1, 0.15) is 11.6 Å². The van der Waals surface area contributed by atoms with Crippen molar-refractivity contribution in [2.24, 2.45) is 5.92 Å². The zero-order valence-corrected chi connectivity index (χ0v) is 25.2. The molecule has 1 saturated carbocycles. The molecule has 0 unspecified atom stereocenters. The molecule has 2 amide bonds. The van der Waals surface area contributed by atoms with Crippen LogP contribution in [0.25, 0.3) is 12.2 Å². The van der Waals surface area contributed by atoms with Crippen molar-refractivity contribution in [3.8, 4) is 0 Å². The molecular formula is C34H46ClN3O3. The van der Waals surface area contributed by atoms with Crippen molar-refractivity contribution in [2.45, 2.75) is 88.9 Å². The first-order valence-corrected chi connectivity index (χ1v) is 15.3. The van der Waals surface area contributed by atoms with Crippen molar-refractivity contribution < 1.29 is 14.7 Å². The van der Waals surface area contributed by atoms with E-state index in [4.69, 9.17) is 0 Å². The van der Waals surface area contributed by atoms with Gasteiger partial charge in [0.2, 0.25) is 11.8 Å². The minimum Gasteiger partial charge on any atom is -0.390 e. The van der Waals surface area contributed by atoms with E-state index in [9.17, 15) is 14.7 Å². The lowest BCUT2D eigenvalue weighted by Gasteiger charge is -2.52. The monoisotopic (exact) mass is 579 g/mol. The Kier molecular flexibility index (Phi) is 11.0. The summed E-state index contributed by atoms with van der Waals surface area (Å²) in [7, 11) is 0. The number of unbranched alkanes of at least 4 members (excludes halogenated alkanes) is 1. The first kappa shape index (κ1) is 31.3. The average Bonchev–Trinajstić information content (AvgIpc) is 3.00. The van der Waals surface area contributed by atoms with Crippen LogP contribution in [-0.2, 0) is 16.1 Å². The van der Waals surface area contributed by atoms with Crippen LogP contribution in [0.1, 0.15) is 81.4 Å². The third kappa shape index (κ3) is 7.22. The molecule has 3 aliphatic rings. The highest BCUT2D eigenvalue weighted by Gasteiger charge is 2.55. The van der Waals surface area contributed by atoms with Gasteiger partial charge in [-0.2, -0.15) is 0 Å². The van der Waals surface area contributed by atoms with Gasteiger partial charge in [0, 0.05) is 26.2 Å². The Hall–Kier alpha value is -2.67. The van der Waals surface area contributed by atoms with Crippen LogP contribution in [-0.4, -0.2) is 64.0 Å². The van der Waals surface area contributed by atoms with Gasteiger partial charge in [-0.15, -0.1) is 12.4 Å². The van der Waals surface area contributed by atoms with E-state index >= 15 is 0 Å². The number of benzene rings is 2. The summed E-state index contributed by atoms with van der Waals surface area (Å²) in [6.45, 7) is 5.03. The standard InChI is InChI=1S/C34H45N3O3.ClH/c1-2-3-22-37-32(39)30(31(38)29-12-8-5-9-13-29)35-33(40)34(37)20-23-36(24-21-34)25-28-18-16-27(17-19-28)15-14-26-10-6-4-7-11-26;/h4,6-7,10-11,14-19,29-31,38H,2-3,5,8-9,12-13,20-25H2,1H3,(H,35,40);1H/b15-14+;/t30-,31-;/m1./s1. The molecule has 1 spiro atoms. The number of aliphatic hydroxyl groups excluding tert-OH is 1. The van der Waals surface area contributed by atoms with Gasteiger partial charge in [-0.25, -0.2) is 0 Å². The molecule has 2 saturated heterocycles. The molecule has 2 aliphatic heterocycles. The Bertz CT molecular complexity index is 1160. The summed E-state index contributed by atoms with van der Waals surface area (Å²) in [5.74, 6) is -0.0665. The van der Waals surface area contributed by atoms with Crippen LogP contribution in [0.4, 0.5) is 0 Å². The van der Waals surface area contributed by atoms with E-state index in [1.807, 2.05) is 23.1 Å². The predicted octanol–water partition coefficient (Wildman–Crippen LogP) is 5.68. The van der Waals surface area contributed by atoms with Crippen molar-refractivity contribution >= 4 is 36.4 Å². The van der Waals surface area contributed by atoms with Crippen LogP contribution in [0.2, 0.25) is 0 Å². The second-order valence-corrected chi connectivity index (χ2v) is 12.0. The number of rotatable bonds is 9. The fourth-order valence-electron chi connectivity index (χ4n) is 6.79. The lowest BCUT2D eigenvalue weighted by molar-refractivity contribution is -0.166. The maximum absolute atomic E-state index is 13.8. The quantitative estimate of drug-likeness (QED) is 0.375. The number of halogens is 1. The largest absolute Gasteiger partial charge is 0.390 e. The molecule has 7 heteroatoms. The number of likely N-dealkylation sites (tertiary alicyclic amines) is 1. The Morgan fingerprint density at radius 2 is 1.59 bits per heavy atom. The highest BCUT2D eigenvalue weighted by Crippen LogP contribution is 2.36. The van der Waals surface area contributed by atoms with Crippen molar-refractivity contribution in [1.82, 2.24) is 15.1 Å². The molecule has 0 aromatic heterocycles. The number of aliphatic hydroxyl groups is 1. The van der Waals surface area contributed by atoms with Gasteiger partial charge >= 0.3 is 0 Å². The molecule has 1 aliphatic carbocycles. The zero-order valence-electron chi connectivity index (χ0n) is 24.3. The topological polar surface area (TPSA) is 72.9 Å². The summed E-state index contributed by atoms with van der Waals surface area (Å²) in [5, 5.41) is 14.2. The minimum absolute atomic E-state index is 0. The van der Waals surface area contributed by atoms with E-state index in [1.165, 1.54) is 23.1 Å². The second-order valence-electron chi connectivity index (χ2n) is 12.0. The molecule has 41 heavy (non-hydrogen) atoms. The zero-order chi connectivity index (χ0) is 28.0. The average molecular weight is 580 g/mol. The van der Waals surface area contributed by atoms with Crippen molar-refractivity contribution in [1.29, 1.82) is 0 Å². The highest BCUT2D eigenvalue weighted by atomic mass is 35.5. The van der Waals surface area contributed by atoms with Gasteiger partial charge in [-0.1, -0.05) is 99.4 Å². The smallest absolute Gasteiger partial charge is 0.248 e. The maximum atomic E-state index is 13.8. The van der Waals surface area contributed by atoms with Crippen LogP contribution < -0.4 is 5.32 Å². The van der Waals surface area contributed by atoms with E-state index in [-0.39, 0.29) is 30.1 Å². The molecule has 0 radical (unpaired) electrons. The second kappa shape index (κ2) is 14.5. The number of nitrogens with one attached hydrogen (secondary N) is 1. The van der Waals surface area contributed by atoms with Gasteiger partial charge in [-0.3, -0.25) is 14.5 Å². The van der Waals surface area contributed by atoms with Crippen LogP contribution >= 0.6 is 12.4 Å². The number of hydrogen-bond acceptors (Lipinski definition) is 4. The number of nitrogens with zero attached hydrogens (tertiary/aromatic N) is 2. The number of piperazine rings is 1. The van der Waals surface area contributed by atoms with Gasteiger partial charge in [0.25, 0.3) is 0 Å². The summed E-state index contributed by atoms with van der Waals surface area (Å²) >= 11 is 0. The van der Waals surface area contributed by atoms with Crippen LogP contribution in [0, 0.1) is 5.92 Å². The number of carbonyl (C=O) groups excluding carboxylic acids is 2. The highest BCUT2D eigenvalue weighted by molar-refractivity contribution is 6.00. The Balaban J connectivity index is 0.00000387. The summed E-state index contributed by atoms with van der Waals surface area (Å²) < 4.78 is 0. The van der Waals surface area contributed by atoms with E-state index in [0.29, 0.717) is 19.4 Å². The molecule has 0 bridgehead atoms. The lowest BCUT2D eigenvalue weighted by Crippen LogP contribution is -2.75. The molecule has 6 nitrogen and oxygen atoms in total. The fourth-order valence-corrected chi connectivity index (χ4v) is 6.79. The SMILES string of the molecule is CCCCN1C(=O)[C@@H]([C@H](O)C2CCCCC2)NC(=O)C12CCN(Cc1ccc(/C=C/c3ccccc3)cc1)CC2.Cl. The summed E-state index contributed by atoms with van der Waals surface area (Å²) in [6, 6.07) is 18.1. The van der Waals surface area contributed by atoms with Crippen molar-refractivity contribution in [3.05, 3.63) is 71.3 Å². The lowest BCUT2D eigenvalue weighted by atomic mass is 9.78. The van der Waals surface area contributed by atoms with Crippen LogP contribution in [0.3, 0.4) is 0 Å². The predicted molar refractivity (Wildman–Crippen MR) is 167 cm³/mol. The van der Waals surface area contributed by atoms with E-state index in [1.54, 1.807) is 0 Å². The maximum Gasteiger partial charge on any atom is 0.248 e. The van der Waals surface area contributed by atoms with Gasteiger partial charge < -0.3 is 15.3 Å². The summed E-state index contributed by atoms with van der Waals surface area (Å²) in [6.07, 6.45) is 11.7. The van der Waals surface area contributed by atoms with Crippen LogP contribution in [0.5, 0.6) is 0 Å². The van der Waals surface area contributed by atoms with Gasteiger partial charge in [0.05, 0.1) is 6.10 Å². The number of hydrogen-bond donors (Lipinski definition) is 2. The molecular weight excluding hydrogens is 534 g/mol.